The van der Waals surface area contributed by atoms with Crippen LogP contribution in [-0.4, -0.2) is 40.1 Å². The second-order valence-electron chi connectivity index (χ2n) is 7.82. The highest BCUT2D eigenvalue weighted by Crippen LogP contribution is 2.25. The number of ether oxygens (including phenoxy) is 1. The number of carbonyl (C=O) groups is 3. The van der Waals surface area contributed by atoms with E-state index in [1.807, 2.05) is 60.7 Å². The summed E-state index contributed by atoms with van der Waals surface area (Å²) in [7, 11) is 0. The number of fused-ring (bicyclic) bond motifs is 1. The lowest BCUT2D eigenvalue weighted by Gasteiger charge is -2.36. The quantitative estimate of drug-likeness (QED) is 0.690. The van der Waals surface area contributed by atoms with Crippen LogP contribution in [0.25, 0.3) is 0 Å². The minimum absolute atomic E-state index is 0.0203. The van der Waals surface area contributed by atoms with E-state index in [0.29, 0.717) is 0 Å². The first-order valence-corrected chi connectivity index (χ1v) is 10.3. The molecule has 0 unspecified atom stereocenters. The molecule has 32 heavy (non-hydrogen) atoms. The molecule has 3 rings (SSSR count). The van der Waals surface area contributed by atoms with Gasteiger partial charge in [-0.05, 0) is 16.7 Å². The standard InChI is InChI=1S/C24H25N3O5/c1-16(11-12-25)21(23(29)30)26-22(28)20-13-18-9-5-6-10-19(18)14-27(20)24(31)32-15-17-7-3-2-4-8-17/h2-10,16,20-21H,11,13-15H2,1H3,(H,26,28)(H,29,30)/t16-,20+,21-/m1/s1. The van der Waals surface area contributed by atoms with Crippen molar-refractivity contribution in [2.24, 2.45) is 5.92 Å². The number of amides is 2. The van der Waals surface area contributed by atoms with Crippen LogP contribution in [0.1, 0.15) is 30.0 Å². The fourth-order valence-electron chi connectivity index (χ4n) is 3.71. The Morgan fingerprint density at radius 3 is 2.47 bits per heavy atom. The SMILES string of the molecule is C[C@H](CC#N)[C@@H](NC(=O)[C@@H]1Cc2ccccc2CN1C(=O)OCc1ccccc1)C(=O)O. The monoisotopic (exact) mass is 435 g/mol. The number of nitrogens with one attached hydrogen (secondary N) is 1. The Bertz CT molecular complexity index is 1020. The minimum Gasteiger partial charge on any atom is -0.480 e. The average Bonchev–Trinajstić information content (AvgIpc) is 2.80. The van der Waals surface area contributed by atoms with Gasteiger partial charge in [-0.2, -0.15) is 5.26 Å². The zero-order chi connectivity index (χ0) is 23.1. The molecule has 2 N–H and O–H groups in total. The van der Waals surface area contributed by atoms with Gasteiger partial charge in [0, 0.05) is 18.8 Å². The zero-order valence-corrected chi connectivity index (χ0v) is 17.7. The van der Waals surface area contributed by atoms with Gasteiger partial charge in [-0.25, -0.2) is 9.59 Å². The molecule has 3 atom stereocenters. The van der Waals surface area contributed by atoms with E-state index in [2.05, 4.69) is 5.32 Å². The summed E-state index contributed by atoms with van der Waals surface area (Å²) in [6, 6.07) is 16.4. The van der Waals surface area contributed by atoms with Crippen LogP contribution < -0.4 is 5.32 Å². The van der Waals surface area contributed by atoms with Crippen molar-refractivity contribution < 1.29 is 24.2 Å². The van der Waals surface area contributed by atoms with Gasteiger partial charge in [0.15, 0.2) is 0 Å². The summed E-state index contributed by atoms with van der Waals surface area (Å²) in [5, 5.41) is 21.0. The van der Waals surface area contributed by atoms with Crippen LogP contribution in [0.3, 0.4) is 0 Å². The van der Waals surface area contributed by atoms with Crippen molar-refractivity contribution in [2.45, 2.75) is 45.0 Å². The first kappa shape index (κ1) is 22.8. The van der Waals surface area contributed by atoms with Crippen molar-refractivity contribution in [1.29, 1.82) is 5.26 Å². The predicted octanol–water partition coefficient (Wildman–Crippen LogP) is 2.87. The lowest BCUT2D eigenvalue weighted by molar-refractivity contribution is -0.144. The van der Waals surface area contributed by atoms with E-state index >= 15 is 0 Å². The van der Waals surface area contributed by atoms with Gasteiger partial charge >= 0.3 is 12.1 Å². The maximum Gasteiger partial charge on any atom is 0.411 e. The molecular formula is C24H25N3O5. The van der Waals surface area contributed by atoms with Gasteiger partial charge in [-0.3, -0.25) is 9.69 Å². The van der Waals surface area contributed by atoms with Gasteiger partial charge in [0.2, 0.25) is 5.91 Å². The Labute approximate surface area is 186 Å². The Balaban J connectivity index is 1.79. The summed E-state index contributed by atoms with van der Waals surface area (Å²) in [6.07, 6.45) is -0.435. The molecule has 0 bridgehead atoms. The van der Waals surface area contributed by atoms with Crippen LogP contribution in [0.4, 0.5) is 4.79 Å². The van der Waals surface area contributed by atoms with Crippen molar-refractivity contribution >= 4 is 18.0 Å². The molecule has 1 heterocycles. The van der Waals surface area contributed by atoms with E-state index in [4.69, 9.17) is 10.00 Å². The minimum atomic E-state index is -1.23. The number of hydrogen-bond donors (Lipinski definition) is 2. The molecule has 8 nitrogen and oxygen atoms in total. The van der Waals surface area contributed by atoms with Crippen LogP contribution in [0.15, 0.2) is 54.6 Å². The first-order valence-electron chi connectivity index (χ1n) is 10.3. The molecule has 0 spiro atoms. The Morgan fingerprint density at radius 2 is 1.81 bits per heavy atom. The van der Waals surface area contributed by atoms with Crippen LogP contribution in [-0.2, 0) is 33.9 Å². The molecule has 1 aliphatic rings. The summed E-state index contributed by atoms with van der Waals surface area (Å²) in [4.78, 5) is 39.0. The van der Waals surface area contributed by atoms with Crippen molar-refractivity contribution in [2.75, 3.05) is 0 Å². The fourth-order valence-corrected chi connectivity index (χ4v) is 3.71. The van der Waals surface area contributed by atoms with Crippen molar-refractivity contribution in [3.63, 3.8) is 0 Å². The van der Waals surface area contributed by atoms with Gasteiger partial charge in [0.1, 0.15) is 18.7 Å². The number of benzene rings is 2. The molecule has 0 aliphatic carbocycles. The normalized spacial score (nSPS) is 16.8. The van der Waals surface area contributed by atoms with Gasteiger partial charge in [0.05, 0.1) is 12.6 Å². The Morgan fingerprint density at radius 1 is 1.16 bits per heavy atom. The number of carbonyl (C=O) groups excluding carboxylic acids is 2. The predicted molar refractivity (Wildman–Crippen MR) is 115 cm³/mol. The highest BCUT2D eigenvalue weighted by molar-refractivity contribution is 5.90. The molecule has 0 radical (unpaired) electrons. The maximum atomic E-state index is 13.1. The fraction of sp³-hybridized carbons (Fsp3) is 0.333. The molecule has 8 heteroatoms. The molecule has 2 aromatic rings. The second kappa shape index (κ2) is 10.4. The smallest absolute Gasteiger partial charge is 0.411 e. The van der Waals surface area contributed by atoms with Crippen LogP contribution in [0.2, 0.25) is 0 Å². The molecular weight excluding hydrogens is 410 g/mol. The number of carboxylic acids is 1. The van der Waals surface area contributed by atoms with E-state index in [-0.39, 0.29) is 26.0 Å². The third-order valence-corrected chi connectivity index (χ3v) is 5.54. The van der Waals surface area contributed by atoms with Crippen LogP contribution in [0, 0.1) is 17.2 Å². The summed E-state index contributed by atoms with van der Waals surface area (Å²) in [6.45, 7) is 1.82. The molecule has 2 amide bonds. The maximum absolute atomic E-state index is 13.1. The van der Waals surface area contributed by atoms with Crippen molar-refractivity contribution in [3.05, 3.63) is 71.3 Å². The summed E-state index contributed by atoms with van der Waals surface area (Å²) in [5.41, 5.74) is 2.63. The number of aliphatic carboxylic acids is 1. The topological polar surface area (TPSA) is 120 Å². The Hall–Kier alpha value is -3.86. The molecule has 0 aromatic heterocycles. The van der Waals surface area contributed by atoms with Crippen molar-refractivity contribution in [3.8, 4) is 6.07 Å². The molecule has 2 aromatic carbocycles. The van der Waals surface area contributed by atoms with E-state index in [0.717, 1.165) is 16.7 Å². The van der Waals surface area contributed by atoms with Gasteiger partial charge < -0.3 is 15.2 Å². The lowest BCUT2D eigenvalue weighted by atomic mass is 9.93. The summed E-state index contributed by atoms with van der Waals surface area (Å²) < 4.78 is 5.45. The Kier molecular flexibility index (Phi) is 7.45. The summed E-state index contributed by atoms with van der Waals surface area (Å²) in [5.74, 6) is -2.40. The first-order chi connectivity index (χ1) is 15.4. The number of nitriles is 1. The highest BCUT2D eigenvalue weighted by Gasteiger charge is 2.38. The largest absolute Gasteiger partial charge is 0.480 e. The van der Waals surface area contributed by atoms with E-state index in [1.165, 1.54) is 4.90 Å². The number of nitrogens with zero attached hydrogens (tertiary/aromatic N) is 2. The molecule has 0 saturated carbocycles. The average molecular weight is 435 g/mol. The third-order valence-electron chi connectivity index (χ3n) is 5.54. The van der Waals surface area contributed by atoms with Crippen LogP contribution in [0.5, 0.6) is 0 Å². The summed E-state index contributed by atoms with van der Waals surface area (Å²) >= 11 is 0. The third kappa shape index (κ3) is 5.43. The second-order valence-corrected chi connectivity index (χ2v) is 7.82. The number of rotatable bonds is 7. The van der Waals surface area contributed by atoms with E-state index in [9.17, 15) is 19.5 Å². The van der Waals surface area contributed by atoms with Gasteiger partial charge in [-0.15, -0.1) is 0 Å². The van der Waals surface area contributed by atoms with Crippen molar-refractivity contribution in [1.82, 2.24) is 10.2 Å². The lowest BCUT2D eigenvalue weighted by Crippen LogP contribution is -2.56. The molecule has 1 aliphatic heterocycles. The highest BCUT2D eigenvalue weighted by atomic mass is 16.6. The number of carboxylic acid groups (broad SMARTS) is 1. The molecule has 0 saturated heterocycles. The van der Waals surface area contributed by atoms with Crippen LogP contribution >= 0.6 is 0 Å². The van der Waals surface area contributed by atoms with Gasteiger partial charge in [0.25, 0.3) is 0 Å². The van der Waals surface area contributed by atoms with E-state index < -0.39 is 36.0 Å². The molecule has 166 valence electrons. The molecule has 0 fully saturated rings. The van der Waals surface area contributed by atoms with Gasteiger partial charge in [-0.1, -0.05) is 61.5 Å². The van der Waals surface area contributed by atoms with E-state index in [1.54, 1.807) is 6.92 Å². The zero-order valence-electron chi connectivity index (χ0n) is 17.7. The number of hydrogen-bond acceptors (Lipinski definition) is 5.